The third-order valence-corrected chi connectivity index (χ3v) is 1.41. The molecule has 2 N–H and O–H groups in total. The highest BCUT2D eigenvalue weighted by atomic mass is 127. The van der Waals surface area contributed by atoms with Crippen molar-refractivity contribution in [3.05, 3.63) is 0 Å². The highest BCUT2D eigenvalue weighted by Crippen LogP contribution is 1.92. The molecule has 7 heavy (non-hydrogen) atoms. The summed E-state index contributed by atoms with van der Waals surface area (Å²) in [5.74, 6) is 4.77. The first-order chi connectivity index (χ1) is 3.41. The molecule has 0 fully saturated rings. The second-order valence-corrected chi connectivity index (χ2v) is 2.35. The summed E-state index contributed by atoms with van der Waals surface area (Å²) in [7, 11) is 0. The van der Waals surface area contributed by atoms with E-state index in [4.69, 9.17) is 5.90 Å². The van der Waals surface area contributed by atoms with Gasteiger partial charge in [0, 0.05) is 0 Å². The van der Waals surface area contributed by atoms with E-state index in [1.807, 2.05) is 0 Å². The first-order valence-corrected chi connectivity index (χ1v) is 3.82. The van der Waals surface area contributed by atoms with Gasteiger partial charge in [0.25, 0.3) is 0 Å². The largest absolute Gasteiger partial charge is 0.305 e. The Labute approximate surface area is 57.5 Å². The normalized spacial score (nSPS) is 9.43. The Hall–Kier alpha value is 0.650. The molecule has 0 bridgehead atoms. The van der Waals surface area contributed by atoms with E-state index in [1.54, 1.807) is 0 Å². The van der Waals surface area contributed by atoms with Crippen LogP contribution in [0.3, 0.4) is 0 Å². The second-order valence-electron chi connectivity index (χ2n) is 1.27. The van der Waals surface area contributed by atoms with E-state index in [9.17, 15) is 0 Å². The summed E-state index contributed by atoms with van der Waals surface area (Å²) in [5.41, 5.74) is 0. The predicted molar refractivity (Wildman–Crippen MR) is 38.3 cm³/mol. The molecule has 0 aromatic heterocycles. The molecular weight excluding hydrogens is 205 g/mol. The van der Waals surface area contributed by atoms with E-state index >= 15 is 0 Å². The lowest BCUT2D eigenvalue weighted by Gasteiger charge is -1.91. The van der Waals surface area contributed by atoms with E-state index < -0.39 is 0 Å². The number of nitrogens with two attached hydrogens (primary N) is 1. The van der Waals surface area contributed by atoms with Crippen LogP contribution in [-0.4, -0.2) is 11.0 Å². The lowest BCUT2D eigenvalue weighted by atomic mass is 10.4. The minimum Gasteiger partial charge on any atom is -0.305 e. The van der Waals surface area contributed by atoms with Gasteiger partial charge in [-0.2, -0.15) is 0 Å². The van der Waals surface area contributed by atoms with Crippen molar-refractivity contribution < 1.29 is 4.84 Å². The summed E-state index contributed by atoms with van der Waals surface area (Å²) in [6.45, 7) is 0.697. The molecule has 0 amide bonds. The third-order valence-electron chi connectivity index (χ3n) is 0.646. The van der Waals surface area contributed by atoms with E-state index in [0.717, 1.165) is 6.42 Å². The minimum absolute atomic E-state index is 0.697. The van der Waals surface area contributed by atoms with Crippen LogP contribution in [-0.2, 0) is 4.84 Å². The minimum atomic E-state index is 0.697. The predicted octanol–water partition coefficient (Wildman–Crippen LogP) is 1.09. The van der Waals surface area contributed by atoms with Crippen LogP contribution in [0, 0.1) is 0 Å². The van der Waals surface area contributed by atoms with Gasteiger partial charge in [-0.3, -0.25) is 0 Å². The van der Waals surface area contributed by atoms with Crippen molar-refractivity contribution in [1.82, 2.24) is 0 Å². The van der Waals surface area contributed by atoms with Crippen LogP contribution in [0.4, 0.5) is 0 Å². The van der Waals surface area contributed by atoms with Gasteiger partial charge in [0.1, 0.15) is 0 Å². The topological polar surface area (TPSA) is 35.2 Å². The van der Waals surface area contributed by atoms with Crippen molar-refractivity contribution in [2.24, 2.45) is 5.90 Å². The van der Waals surface area contributed by atoms with Crippen LogP contribution in [0.25, 0.3) is 0 Å². The van der Waals surface area contributed by atoms with Gasteiger partial charge in [-0.05, 0) is 17.3 Å². The Morgan fingerprint density at radius 3 is 2.57 bits per heavy atom. The molecule has 0 saturated heterocycles. The molecule has 0 heterocycles. The molecule has 0 rings (SSSR count). The summed E-state index contributed by atoms with van der Waals surface area (Å²) in [5, 5.41) is 0. The van der Waals surface area contributed by atoms with E-state index in [2.05, 4.69) is 27.4 Å². The van der Waals surface area contributed by atoms with Crippen LogP contribution < -0.4 is 5.90 Å². The van der Waals surface area contributed by atoms with Crippen molar-refractivity contribution in [1.29, 1.82) is 0 Å². The third kappa shape index (κ3) is 6.65. The van der Waals surface area contributed by atoms with Gasteiger partial charge in [0.2, 0.25) is 0 Å². The van der Waals surface area contributed by atoms with Gasteiger partial charge in [0.15, 0.2) is 0 Å². The smallest absolute Gasteiger partial charge is 0.0679 e. The standard InChI is InChI=1S/C4H10INO/c5-3-1-2-4-7-6/h1-4,6H2. The average molecular weight is 215 g/mol. The number of rotatable bonds is 4. The molecule has 44 valence electrons. The van der Waals surface area contributed by atoms with E-state index in [-0.39, 0.29) is 0 Å². The Morgan fingerprint density at radius 2 is 2.14 bits per heavy atom. The van der Waals surface area contributed by atoms with Crippen LogP contribution >= 0.6 is 22.6 Å². The molecule has 3 heteroatoms. The SMILES string of the molecule is NOCCCCI. The highest BCUT2D eigenvalue weighted by Gasteiger charge is 1.81. The van der Waals surface area contributed by atoms with E-state index in [0.29, 0.717) is 6.61 Å². The summed E-state index contributed by atoms with van der Waals surface area (Å²) in [4.78, 5) is 4.34. The lowest BCUT2D eigenvalue weighted by Crippen LogP contribution is -2.00. The Bertz CT molecular complexity index is 30.9. The van der Waals surface area contributed by atoms with E-state index in [1.165, 1.54) is 10.8 Å². The van der Waals surface area contributed by atoms with Crippen LogP contribution in [0.1, 0.15) is 12.8 Å². The molecule has 0 aromatic carbocycles. The van der Waals surface area contributed by atoms with Crippen LogP contribution in [0.5, 0.6) is 0 Å². The van der Waals surface area contributed by atoms with Crippen LogP contribution in [0.2, 0.25) is 0 Å². The molecule has 2 nitrogen and oxygen atoms in total. The molecule has 0 aliphatic carbocycles. The van der Waals surface area contributed by atoms with Gasteiger partial charge >= 0.3 is 0 Å². The van der Waals surface area contributed by atoms with Gasteiger partial charge in [-0.15, -0.1) is 0 Å². The van der Waals surface area contributed by atoms with Crippen molar-refractivity contribution in [2.45, 2.75) is 12.8 Å². The number of alkyl halides is 1. The fraction of sp³-hybridized carbons (Fsp3) is 1.00. The van der Waals surface area contributed by atoms with Gasteiger partial charge < -0.3 is 4.84 Å². The maximum atomic E-state index is 4.77. The van der Waals surface area contributed by atoms with Crippen LogP contribution in [0.15, 0.2) is 0 Å². The Balaban J connectivity index is 2.45. The van der Waals surface area contributed by atoms with Crippen molar-refractivity contribution in [3.63, 3.8) is 0 Å². The summed E-state index contributed by atoms with van der Waals surface area (Å²) >= 11 is 2.33. The summed E-state index contributed by atoms with van der Waals surface area (Å²) < 4.78 is 1.20. The zero-order valence-corrected chi connectivity index (χ0v) is 6.35. The number of hydrogen-bond donors (Lipinski definition) is 1. The maximum absolute atomic E-state index is 4.77. The fourth-order valence-corrected chi connectivity index (χ4v) is 0.819. The average Bonchev–Trinajstić information content (AvgIpc) is 1.69. The van der Waals surface area contributed by atoms with Crippen molar-refractivity contribution >= 4 is 22.6 Å². The molecule has 0 spiro atoms. The molecule has 0 aliphatic heterocycles. The van der Waals surface area contributed by atoms with Crippen molar-refractivity contribution in [3.8, 4) is 0 Å². The molecule has 0 atom stereocenters. The number of halogens is 1. The summed E-state index contributed by atoms with van der Waals surface area (Å²) in [6, 6.07) is 0. The van der Waals surface area contributed by atoms with Gasteiger partial charge in [0.05, 0.1) is 6.61 Å². The number of hydrogen-bond acceptors (Lipinski definition) is 2. The highest BCUT2D eigenvalue weighted by molar-refractivity contribution is 14.1. The summed E-state index contributed by atoms with van der Waals surface area (Å²) in [6.07, 6.45) is 2.29. The first-order valence-electron chi connectivity index (χ1n) is 2.29. The molecule has 0 unspecified atom stereocenters. The molecule has 0 aromatic rings. The fourth-order valence-electron chi connectivity index (χ4n) is 0.280. The molecule has 0 saturated carbocycles. The number of unbranched alkanes of at least 4 members (excludes halogenated alkanes) is 1. The molecular formula is C4H10INO. The van der Waals surface area contributed by atoms with Crippen molar-refractivity contribution in [2.75, 3.05) is 11.0 Å². The first kappa shape index (κ1) is 7.65. The molecule has 0 aliphatic rings. The molecule has 0 radical (unpaired) electrons. The maximum Gasteiger partial charge on any atom is 0.0679 e. The Morgan fingerprint density at radius 1 is 1.43 bits per heavy atom. The van der Waals surface area contributed by atoms with Gasteiger partial charge in [-0.1, -0.05) is 22.6 Å². The zero-order chi connectivity index (χ0) is 5.54. The monoisotopic (exact) mass is 215 g/mol. The zero-order valence-electron chi connectivity index (χ0n) is 4.19. The quantitative estimate of drug-likeness (QED) is 0.329. The Kier molecular flexibility index (Phi) is 7.27. The second kappa shape index (κ2) is 6.65. The van der Waals surface area contributed by atoms with Gasteiger partial charge in [-0.25, -0.2) is 5.90 Å². The lowest BCUT2D eigenvalue weighted by molar-refractivity contribution is 0.135.